The van der Waals surface area contributed by atoms with Crippen molar-refractivity contribution < 1.29 is 14.7 Å². The normalized spacial score (nSPS) is 12.8. The van der Waals surface area contributed by atoms with Gasteiger partial charge in [-0.15, -0.1) is 0 Å². The minimum Gasteiger partial charge on any atom is -0.493 e. The van der Waals surface area contributed by atoms with Gasteiger partial charge in [-0.05, 0) is 19.1 Å². The van der Waals surface area contributed by atoms with Crippen molar-refractivity contribution in [3.8, 4) is 5.75 Å². The molecule has 1 atom stereocenters. The fourth-order valence-electron chi connectivity index (χ4n) is 1.53. The summed E-state index contributed by atoms with van der Waals surface area (Å²) in [6.07, 6.45) is 0.567. The lowest BCUT2D eigenvalue weighted by molar-refractivity contribution is -0.122. The van der Waals surface area contributed by atoms with Crippen LogP contribution in [0.25, 0.3) is 0 Å². The maximum absolute atomic E-state index is 11.6. The molecular formula is C13H19N3O3. The van der Waals surface area contributed by atoms with E-state index >= 15 is 0 Å². The van der Waals surface area contributed by atoms with Gasteiger partial charge in [0.1, 0.15) is 11.6 Å². The molecule has 0 aliphatic rings. The summed E-state index contributed by atoms with van der Waals surface area (Å²) in [5.74, 6) is 0.697. The van der Waals surface area contributed by atoms with E-state index in [1.54, 1.807) is 6.92 Å². The number of carbonyl (C=O) groups is 1. The molecule has 0 saturated carbocycles. The molecule has 1 aromatic rings. The lowest BCUT2D eigenvalue weighted by atomic mass is 10.2. The average molecular weight is 265 g/mol. The summed E-state index contributed by atoms with van der Waals surface area (Å²) in [7, 11) is 0. The highest BCUT2D eigenvalue weighted by Crippen LogP contribution is 2.08. The second kappa shape index (κ2) is 7.97. The van der Waals surface area contributed by atoms with Crippen molar-refractivity contribution >= 4 is 11.7 Å². The first-order valence-electron chi connectivity index (χ1n) is 6.05. The summed E-state index contributed by atoms with van der Waals surface area (Å²) in [5.41, 5.74) is 5.35. The molecule has 0 aliphatic carbocycles. The highest BCUT2D eigenvalue weighted by molar-refractivity contribution is 5.81. The molecule has 1 amide bonds. The van der Waals surface area contributed by atoms with Gasteiger partial charge in [-0.25, -0.2) is 0 Å². The Morgan fingerprint density at radius 1 is 1.47 bits per heavy atom. The number of nitrogens with two attached hydrogens (primary N) is 1. The third kappa shape index (κ3) is 6.30. The molecule has 0 radical (unpaired) electrons. The van der Waals surface area contributed by atoms with Crippen LogP contribution >= 0.6 is 0 Å². The van der Waals surface area contributed by atoms with Gasteiger partial charge in [-0.1, -0.05) is 23.4 Å². The van der Waals surface area contributed by atoms with Crippen LogP contribution in [0.3, 0.4) is 0 Å². The number of nitrogens with one attached hydrogen (secondary N) is 1. The SMILES string of the molecule is CC(CC(N)=NO)NC(=O)CCOc1ccccc1. The largest absolute Gasteiger partial charge is 0.493 e. The fourth-order valence-corrected chi connectivity index (χ4v) is 1.53. The van der Waals surface area contributed by atoms with Gasteiger partial charge in [0.25, 0.3) is 0 Å². The smallest absolute Gasteiger partial charge is 0.223 e. The van der Waals surface area contributed by atoms with Crippen molar-refractivity contribution in [1.82, 2.24) is 5.32 Å². The van der Waals surface area contributed by atoms with E-state index in [0.717, 1.165) is 5.75 Å². The minimum atomic E-state index is -0.180. The molecule has 6 nitrogen and oxygen atoms in total. The van der Waals surface area contributed by atoms with Gasteiger partial charge < -0.3 is 21.0 Å². The molecule has 6 heteroatoms. The van der Waals surface area contributed by atoms with Crippen LogP contribution in [0.4, 0.5) is 0 Å². The minimum absolute atomic E-state index is 0.0911. The lowest BCUT2D eigenvalue weighted by Crippen LogP contribution is -2.36. The van der Waals surface area contributed by atoms with Crippen LogP contribution in [0, 0.1) is 0 Å². The second-order valence-corrected chi connectivity index (χ2v) is 4.18. The first-order chi connectivity index (χ1) is 9.11. The Labute approximate surface area is 112 Å². The van der Waals surface area contributed by atoms with Crippen molar-refractivity contribution in [2.24, 2.45) is 10.9 Å². The van der Waals surface area contributed by atoms with Crippen LogP contribution in [0.2, 0.25) is 0 Å². The molecule has 0 fully saturated rings. The van der Waals surface area contributed by atoms with Crippen molar-refractivity contribution in [3.63, 3.8) is 0 Å². The quantitative estimate of drug-likeness (QED) is 0.297. The van der Waals surface area contributed by atoms with Gasteiger partial charge in [0.05, 0.1) is 13.0 Å². The Balaban J connectivity index is 2.21. The Morgan fingerprint density at radius 2 is 2.16 bits per heavy atom. The average Bonchev–Trinajstić information content (AvgIpc) is 2.39. The van der Waals surface area contributed by atoms with Crippen LogP contribution in [0.15, 0.2) is 35.5 Å². The summed E-state index contributed by atoms with van der Waals surface area (Å²) in [6.45, 7) is 2.10. The van der Waals surface area contributed by atoms with Gasteiger partial charge in [0, 0.05) is 12.5 Å². The molecule has 0 bridgehead atoms. The number of nitrogens with zero attached hydrogens (tertiary/aromatic N) is 1. The number of hydrogen-bond donors (Lipinski definition) is 3. The molecule has 0 aliphatic heterocycles. The van der Waals surface area contributed by atoms with Crippen molar-refractivity contribution in [3.05, 3.63) is 30.3 Å². The zero-order valence-electron chi connectivity index (χ0n) is 10.9. The maximum atomic E-state index is 11.6. The second-order valence-electron chi connectivity index (χ2n) is 4.18. The van der Waals surface area contributed by atoms with Gasteiger partial charge in [-0.2, -0.15) is 0 Å². The molecule has 0 spiro atoms. The highest BCUT2D eigenvalue weighted by atomic mass is 16.5. The van der Waals surface area contributed by atoms with Crippen molar-refractivity contribution in [1.29, 1.82) is 0 Å². The summed E-state index contributed by atoms with van der Waals surface area (Å²) in [4.78, 5) is 11.6. The third-order valence-corrected chi connectivity index (χ3v) is 2.39. The molecule has 0 heterocycles. The predicted octanol–water partition coefficient (Wildman–Crippen LogP) is 1.10. The number of rotatable bonds is 7. The van der Waals surface area contributed by atoms with Crippen LogP contribution in [-0.2, 0) is 4.79 Å². The molecule has 1 aromatic carbocycles. The number of oxime groups is 1. The molecule has 104 valence electrons. The number of hydrogen-bond acceptors (Lipinski definition) is 4. The third-order valence-electron chi connectivity index (χ3n) is 2.39. The van der Waals surface area contributed by atoms with Gasteiger partial charge in [-0.3, -0.25) is 4.79 Å². The Kier molecular flexibility index (Phi) is 6.21. The highest BCUT2D eigenvalue weighted by Gasteiger charge is 2.09. The van der Waals surface area contributed by atoms with E-state index in [0.29, 0.717) is 13.0 Å². The van der Waals surface area contributed by atoms with E-state index in [2.05, 4.69) is 10.5 Å². The van der Waals surface area contributed by atoms with E-state index in [1.165, 1.54) is 0 Å². The number of carbonyl (C=O) groups excluding carboxylic acids is 1. The predicted molar refractivity (Wildman–Crippen MR) is 72.2 cm³/mol. The first kappa shape index (κ1) is 14.8. The molecule has 1 rings (SSSR count). The van der Waals surface area contributed by atoms with Crippen LogP contribution in [0.1, 0.15) is 19.8 Å². The molecule has 0 saturated heterocycles. The van der Waals surface area contributed by atoms with Crippen molar-refractivity contribution in [2.75, 3.05) is 6.61 Å². The summed E-state index contributed by atoms with van der Waals surface area (Å²) in [6, 6.07) is 9.12. The van der Waals surface area contributed by atoms with Gasteiger partial charge in [0.2, 0.25) is 5.91 Å². The van der Waals surface area contributed by atoms with E-state index < -0.39 is 0 Å². The molecule has 1 unspecified atom stereocenters. The van der Waals surface area contributed by atoms with Crippen LogP contribution < -0.4 is 15.8 Å². The molecule has 0 aromatic heterocycles. The van der Waals surface area contributed by atoms with Gasteiger partial charge >= 0.3 is 0 Å². The summed E-state index contributed by atoms with van der Waals surface area (Å²) in [5, 5.41) is 14.0. The van der Waals surface area contributed by atoms with Crippen LogP contribution in [0.5, 0.6) is 5.75 Å². The maximum Gasteiger partial charge on any atom is 0.223 e. The van der Waals surface area contributed by atoms with Gasteiger partial charge in [0.15, 0.2) is 0 Å². The zero-order chi connectivity index (χ0) is 14.1. The Morgan fingerprint density at radius 3 is 2.79 bits per heavy atom. The van der Waals surface area contributed by atoms with E-state index in [9.17, 15) is 4.79 Å². The number of benzene rings is 1. The molecule has 4 N–H and O–H groups in total. The Bertz CT molecular complexity index is 420. The van der Waals surface area contributed by atoms with E-state index in [4.69, 9.17) is 15.7 Å². The topological polar surface area (TPSA) is 96.9 Å². The number of amidine groups is 1. The Hall–Kier alpha value is -2.24. The molecular weight excluding hydrogens is 246 g/mol. The fraction of sp³-hybridized carbons (Fsp3) is 0.385. The lowest BCUT2D eigenvalue weighted by Gasteiger charge is -2.13. The number of ether oxygens (including phenoxy) is 1. The van der Waals surface area contributed by atoms with Crippen LogP contribution in [-0.4, -0.2) is 29.6 Å². The standard InChI is InChI=1S/C13H19N3O3/c1-10(9-12(14)16-18)15-13(17)7-8-19-11-5-3-2-4-6-11/h2-6,10,18H,7-9H2,1H3,(H2,14,16)(H,15,17). The molecule has 19 heavy (non-hydrogen) atoms. The number of para-hydroxylation sites is 1. The summed E-state index contributed by atoms with van der Waals surface area (Å²) < 4.78 is 5.41. The van der Waals surface area contributed by atoms with E-state index in [-0.39, 0.29) is 24.2 Å². The monoisotopic (exact) mass is 265 g/mol. The van der Waals surface area contributed by atoms with E-state index in [1.807, 2.05) is 30.3 Å². The van der Waals surface area contributed by atoms with Crippen molar-refractivity contribution in [2.45, 2.75) is 25.8 Å². The first-order valence-corrected chi connectivity index (χ1v) is 6.05. The zero-order valence-corrected chi connectivity index (χ0v) is 10.9. The summed E-state index contributed by atoms with van der Waals surface area (Å²) >= 11 is 0. The number of amides is 1.